The number of amides is 1. The van der Waals surface area contributed by atoms with Crippen molar-refractivity contribution in [2.75, 3.05) is 28.4 Å². The standard InChI is InChI=1S/C18H22N2O5/c1-22-17(23-2)14(11-10-13-8-6-5-7-9-13)16(12-19,15(20)21)18(17,24-3)25-4/h5-11,14H,1-4H3,(H2,20,21)/b11-10+/t14-,16-/m1/s1. The van der Waals surface area contributed by atoms with Crippen molar-refractivity contribution in [2.45, 2.75) is 11.6 Å². The lowest BCUT2D eigenvalue weighted by molar-refractivity contribution is -0.490. The maximum Gasteiger partial charge on any atom is 0.253 e. The van der Waals surface area contributed by atoms with Gasteiger partial charge in [-0.1, -0.05) is 42.5 Å². The Kier molecular flexibility index (Phi) is 5.30. The van der Waals surface area contributed by atoms with E-state index in [1.165, 1.54) is 28.4 Å². The van der Waals surface area contributed by atoms with Crippen molar-refractivity contribution >= 4 is 12.0 Å². The summed E-state index contributed by atoms with van der Waals surface area (Å²) in [7, 11) is 5.40. The smallest absolute Gasteiger partial charge is 0.253 e. The van der Waals surface area contributed by atoms with Gasteiger partial charge < -0.3 is 24.7 Å². The first kappa shape index (κ1) is 19.1. The fraction of sp³-hybridized carbons (Fsp3) is 0.444. The molecule has 0 radical (unpaired) electrons. The number of nitrogens with zero attached hydrogens (tertiary/aromatic N) is 1. The Balaban J connectivity index is 2.63. The van der Waals surface area contributed by atoms with Crippen molar-refractivity contribution in [2.24, 2.45) is 17.1 Å². The number of nitrogens with two attached hydrogens (primary N) is 1. The lowest BCUT2D eigenvalue weighted by Gasteiger charge is -2.65. The van der Waals surface area contributed by atoms with Crippen molar-refractivity contribution in [3.8, 4) is 6.07 Å². The van der Waals surface area contributed by atoms with E-state index in [1.807, 2.05) is 36.4 Å². The lowest BCUT2D eigenvalue weighted by Crippen LogP contribution is -2.86. The van der Waals surface area contributed by atoms with Gasteiger partial charge in [0.1, 0.15) is 0 Å². The van der Waals surface area contributed by atoms with Crippen LogP contribution in [0.1, 0.15) is 5.56 Å². The highest BCUT2D eigenvalue weighted by Gasteiger charge is 2.87. The quantitative estimate of drug-likeness (QED) is 0.747. The Morgan fingerprint density at radius 2 is 1.68 bits per heavy atom. The van der Waals surface area contributed by atoms with Gasteiger partial charge in [-0.05, 0) is 5.56 Å². The van der Waals surface area contributed by atoms with Gasteiger partial charge >= 0.3 is 0 Å². The maximum absolute atomic E-state index is 12.3. The fourth-order valence-electron chi connectivity index (χ4n) is 3.74. The molecule has 134 valence electrons. The van der Waals surface area contributed by atoms with Crippen molar-refractivity contribution in [3.05, 3.63) is 42.0 Å². The number of hydrogen-bond donors (Lipinski definition) is 1. The molecule has 0 unspecified atom stereocenters. The summed E-state index contributed by atoms with van der Waals surface area (Å²) in [6, 6.07) is 11.4. The monoisotopic (exact) mass is 346 g/mol. The van der Waals surface area contributed by atoms with Crippen LogP contribution < -0.4 is 5.73 Å². The second-order valence-corrected chi connectivity index (χ2v) is 5.63. The number of rotatable bonds is 7. The van der Waals surface area contributed by atoms with Crippen molar-refractivity contribution in [1.29, 1.82) is 5.26 Å². The van der Waals surface area contributed by atoms with Gasteiger partial charge in [0.05, 0.1) is 12.0 Å². The topological polar surface area (TPSA) is 104 Å². The van der Waals surface area contributed by atoms with Gasteiger partial charge in [0.2, 0.25) is 17.1 Å². The average Bonchev–Trinajstić information content (AvgIpc) is 2.63. The summed E-state index contributed by atoms with van der Waals surface area (Å²) < 4.78 is 22.0. The molecule has 1 aliphatic rings. The predicted molar refractivity (Wildman–Crippen MR) is 89.7 cm³/mol. The Hall–Kier alpha value is -2.24. The van der Waals surface area contributed by atoms with E-state index in [0.717, 1.165) is 5.56 Å². The maximum atomic E-state index is 12.3. The summed E-state index contributed by atoms with van der Waals surface area (Å²) in [6.45, 7) is 0. The molecule has 7 heteroatoms. The van der Waals surface area contributed by atoms with Gasteiger partial charge in [-0.15, -0.1) is 0 Å². The van der Waals surface area contributed by atoms with Crippen LogP contribution in [0.15, 0.2) is 36.4 Å². The first-order valence-corrected chi connectivity index (χ1v) is 7.61. The average molecular weight is 346 g/mol. The zero-order valence-corrected chi connectivity index (χ0v) is 14.7. The largest absolute Gasteiger partial charge is 0.368 e. The molecular weight excluding hydrogens is 324 g/mol. The van der Waals surface area contributed by atoms with Crippen molar-refractivity contribution < 1.29 is 23.7 Å². The van der Waals surface area contributed by atoms with Crippen LogP contribution in [0.25, 0.3) is 6.08 Å². The van der Waals surface area contributed by atoms with Gasteiger partial charge in [-0.2, -0.15) is 5.26 Å². The third kappa shape index (κ3) is 2.23. The van der Waals surface area contributed by atoms with Crippen LogP contribution in [-0.2, 0) is 23.7 Å². The molecule has 0 heterocycles. The molecule has 1 saturated carbocycles. The van der Waals surface area contributed by atoms with Gasteiger partial charge in [0.25, 0.3) is 5.79 Å². The second-order valence-electron chi connectivity index (χ2n) is 5.63. The molecule has 25 heavy (non-hydrogen) atoms. The Morgan fingerprint density at radius 1 is 1.12 bits per heavy atom. The van der Waals surface area contributed by atoms with Gasteiger partial charge in [0.15, 0.2) is 0 Å². The van der Waals surface area contributed by atoms with Crippen LogP contribution in [0.3, 0.4) is 0 Å². The van der Waals surface area contributed by atoms with Crippen molar-refractivity contribution in [3.63, 3.8) is 0 Å². The van der Waals surface area contributed by atoms with Gasteiger partial charge in [0, 0.05) is 28.4 Å². The first-order chi connectivity index (χ1) is 12.0. The van der Waals surface area contributed by atoms with Gasteiger partial charge in [-0.3, -0.25) is 4.79 Å². The van der Waals surface area contributed by atoms with E-state index in [1.54, 1.807) is 12.2 Å². The Labute approximate surface area is 146 Å². The number of primary amides is 1. The molecular formula is C18H22N2O5. The van der Waals surface area contributed by atoms with Crippen LogP contribution >= 0.6 is 0 Å². The van der Waals surface area contributed by atoms with E-state index in [4.69, 9.17) is 24.7 Å². The Bertz CT molecular complexity index is 689. The summed E-state index contributed by atoms with van der Waals surface area (Å²) in [5, 5.41) is 9.84. The zero-order chi connectivity index (χ0) is 18.7. The number of nitriles is 1. The predicted octanol–water partition coefficient (Wildman–Crippen LogP) is 1.30. The molecule has 2 atom stereocenters. The van der Waals surface area contributed by atoms with Crippen LogP contribution in [0.4, 0.5) is 0 Å². The minimum Gasteiger partial charge on any atom is -0.368 e. The van der Waals surface area contributed by atoms with Crippen LogP contribution in [0.5, 0.6) is 0 Å². The third-order valence-corrected chi connectivity index (χ3v) is 4.88. The van der Waals surface area contributed by atoms with E-state index in [0.29, 0.717) is 0 Å². The Morgan fingerprint density at radius 3 is 2.08 bits per heavy atom. The highest BCUT2D eigenvalue weighted by atomic mass is 16.8. The summed E-state index contributed by atoms with van der Waals surface area (Å²) >= 11 is 0. The number of hydrogen-bond acceptors (Lipinski definition) is 6. The summed E-state index contributed by atoms with van der Waals surface area (Å²) in [6.07, 6.45) is 3.42. The highest BCUT2D eigenvalue weighted by Crippen LogP contribution is 2.65. The van der Waals surface area contributed by atoms with Crippen LogP contribution in [0.2, 0.25) is 0 Å². The minimum absolute atomic E-state index is 0.849. The zero-order valence-electron chi connectivity index (χ0n) is 14.7. The summed E-state index contributed by atoms with van der Waals surface area (Å²) in [4.78, 5) is 12.3. The summed E-state index contributed by atoms with van der Waals surface area (Å²) in [5.74, 6) is -5.06. The molecule has 0 aliphatic heterocycles. The normalized spacial score (nSPS) is 26.8. The highest BCUT2D eigenvalue weighted by molar-refractivity contribution is 5.88. The number of methoxy groups -OCH3 is 4. The molecule has 1 aliphatic carbocycles. The molecule has 0 bridgehead atoms. The molecule has 2 N–H and O–H groups in total. The summed E-state index contributed by atoms with van der Waals surface area (Å²) in [5.41, 5.74) is 4.65. The minimum atomic E-state index is -1.83. The SMILES string of the molecule is COC1(OC)[C@H](/C=C/c2ccccc2)[C@](C#N)(C(N)=O)C1(OC)OC. The molecule has 0 spiro atoms. The van der Waals surface area contributed by atoms with Gasteiger partial charge in [-0.25, -0.2) is 0 Å². The van der Waals surface area contributed by atoms with Crippen LogP contribution in [-0.4, -0.2) is 45.9 Å². The number of carbonyl (C=O) groups is 1. The number of carbonyl (C=O) groups excluding carboxylic acids is 1. The lowest BCUT2D eigenvalue weighted by atomic mass is 9.50. The van der Waals surface area contributed by atoms with E-state index in [9.17, 15) is 10.1 Å². The fourth-order valence-corrected chi connectivity index (χ4v) is 3.74. The molecule has 1 amide bonds. The third-order valence-electron chi connectivity index (χ3n) is 4.88. The molecule has 7 nitrogen and oxygen atoms in total. The number of ether oxygens (including phenoxy) is 4. The van der Waals surface area contributed by atoms with Crippen molar-refractivity contribution in [1.82, 2.24) is 0 Å². The number of benzene rings is 1. The first-order valence-electron chi connectivity index (χ1n) is 7.61. The van der Waals surface area contributed by atoms with E-state index in [2.05, 4.69) is 0 Å². The molecule has 1 aromatic rings. The van der Waals surface area contributed by atoms with Crippen LogP contribution in [0, 0.1) is 22.7 Å². The second kappa shape index (κ2) is 6.94. The molecule has 0 saturated heterocycles. The molecule has 0 aromatic heterocycles. The molecule has 1 fully saturated rings. The van der Waals surface area contributed by atoms with E-state index in [-0.39, 0.29) is 0 Å². The molecule has 1 aromatic carbocycles. The molecule has 2 rings (SSSR count). The van der Waals surface area contributed by atoms with E-state index < -0.39 is 28.8 Å². The van der Waals surface area contributed by atoms with E-state index >= 15 is 0 Å².